The Bertz CT molecular complexity index is 362. The maximum atomic E-state index is 12.1. The molecule has 2 amide bonds. The molecule has 1 saturated heterocycles. The van der Waals surface area contributed by atoms with Crippen molar-refractivity contribution in [2.24, 2.45) is 0 Å². The van der Waals surface area contributed by atoms with Gasteiger partial charge < -0.3 is 14.9 Å². The molecule has 0 saturated carbocycles. The summed E-state index contributed by atoms with van der Waals surface area (Å²) in [6, 6.07) is -0.104. The van der Waals surface area contributed by atoms with Gasteiger partial charge in [-0.05, 0) is 13.3 Å². The summed E-state index contributed by atoms with van der Waals surface area (Å²) < 4.78 is 0. The van der Waals surface area contributed by atoms with Gasteiger partial charge >= 0.3 is 5.97 Å². The Morgan fingerprint density at radius 2 is 2.21 bits per heavy atom. The van der Waals surface area contributed by atoms with E-state index in [0.717, 1.165) is 5.75 Å². The molecule has 0 bridgehead atoms. The van der Waals surface area contributed by atoms with Gasteiger partial charge in [0, 0.05) is 31.3 Å². The molecule has 7 heteroatoms. The summed E-state index contributed by atoms with van der Waals surface area (Å²) in [6.45, 7) is 4.50. The second kappa shape index (κ2) is 7.37. The quantitative estimate of drug-likeness (QED) is 0.763. The number of thioether (sulfide) groups is 1. The molecule has 19 heavy (non-hydrogen) atoms. The Balaban J connectivity index is 2.51. The first-order valence-electron chi connectivity index (χ1n) is 6.38. The maximum absolute atomic E-state index is 12.1. The number of nitrogens with zero attached hydrogens (tertiary/aromatic N) is 2. The summed E-state index contributed by atoms with van der Waals surface area (Å²) in [4.78, 5) is 37.2. The molecule has 0 aromatic heterocycles. The van der Waals surface area contributed by atoms with E-state index >= 15 is 0 Å². The van der Waals surface area contributed by atoms with E-state index in [9.17, 15) is 14.4 Å². The summed E-state index contributed by atoms with van der Waals surface area (Å²) in [6.07, 6.45) is 0.890. The van der Waals surface area contributed by atoms with Gasteiger partial charge in [-0.25, -0.2) is 0 Å². The van der Waals surface area contributed by atoms with Gasteiger partial charge in [0.15, 0.2) is 0 Å². The van der Waals surface area contributed by atoms with Gasteiger partial charge in [-0.3, -0.25) is 14.4 Å². The summed E-state index contributed by atoms with van der Waals surface area (Å²) in [7, 11) is 0. The highest BCUT2D eigenvalue weighted by Crippen LogP contribution is 2.17. The Kier molecular flexibility index (Phi) is 6.14. The second-order valence-corrected chi connectivity index (χ2v) is 5.57. The van der Waals surface area contributed by atoms with Crippen LogP contribution in [0.4, 0.5) is 4.79 Å². The van der Waals surface area contributed by atoms with E-state index in [4.69, 9.17) is 5.11 Å². The lowest BCUT2D eigenvalue weighted by molar-refractivity contribution is -0.146. The van der Waals surface area contributed by atoms with E-state index in [1.54, 1.807) is 4.90 Å². The van der Waals surface area contributed by atoms with Crippen LogP contribution in [0.1, 0.15) is 26.7 Å². The van der Waals surface area contributed by atoms with Crippen LogP contribution in [0.5, 0.6) is 0 Å². The third-order valence-electron chi connectivity index (χ3n) is 3.19. The first kappa shape index (κ1) is 15.8. The van der Waals surface area contributed by atoms with Gasteiger partial charge in [0.05, 0.1) is 0 Å². The Morgan fingerprint density at radius 1 is 1.53 bits per heavy atom. The minimum Gasteiger partial charge on any atom is -0.480 e. The number of hydrogen-bond donors (Lipinski definition) is 1. The Labute approximate surface area is 117 Å². The average molecular weight is 288 g/mol. The lowest BCUT2D eigenvalue weighted by Crippen LogP contribution is -2.43. The molecule has 1 unspecified atom stereocenters. The van der Waals surface area contributed by atoms with Crippen LogP contribution in [0.25, 0.3) is 0 Å². The zero-order valence-corrected chi connectivity index (χ0v) is 12.1. The minimum atomic E-state index is -1.01. The lowest BCUT2D eigenvalue weighted by atomic mass is 10.2. The van der Waals surface area contributed by atoms with Crippen molar-refractivity contribution in [1.82, 2.24) is 9.80 Å². The average Bonchev–Trinajstić information content (AvgIpc) is 2.77. The normalized spacial score (nSPS) is 16.5. The number of carboxylic acids is 1. The van der Waals surface area contributed by atoms with Crippen LogP contribution in [0, 0.1) is 0 Å². The topological polar surface area (TPSA) is 77.9 Å². The first-order valence-corrected chi connectivity index (χ1v) is 7.37. The van der Waals surface area contributed by atoms with Crippen LogP contribution >= 0.6 is 11.8 Å². The van der Waals surface area contributed by atoms with Gasteiger partial charge in [0.2, 0.25) is 5.91 Å². The van der Waals surface area contributed by atoms with Crippen molar-refractivity contribution in [3.63, 3.8) is 0 Å². The van der Waals surface area contributed by atoms with E-state index in [-0.39, 0.29) is 30.2 Å². The monoisotopic (exact) mass is 288 g/mol. The Morgan fingerprint density at radius 3 is 2.68 bits per heavy atom. The Hall–Kier alpha value is -1.24. The van der Waals surface area contributed by atoms with E-state index in [1.165, 1.54) is 16.7 Å². The molecule has 6 nitrogen and oxygen atoms in total. The van der Waals surface area contributed by atoms with Gasteiger partial charge in [0.1, 0.15) is 6.54 Å². The van der Waals surface area contributed by atoms with Crippen LogP contribution < -0.4 is 0 Å². The molecule has 1 heterocycles. The second-order valence-electron chi connectivity index (χ2n) is 4.52. The molecular weight excluding hydrogens is 268 g/mol. The number of carbonyl (C=O) groups is 3. The number of amides is 2. The molecule has 108 valence electrons. The molecule has 1 N–H and O–H groups in total. The standard InChI is InChI=1S/C12H20N2O4S/c1-3-9(2)14(8-11(16)17)10(15)4-5-13-6-7-19-12(13)18/h9H,3-8H2,1-2H3,(H,16,17). The lowest BCUT2D eigenvalue weighted by Gasteiger charge is -2.27. The van der Waals surface area contributed by atoms with Crippen molar-refractivity contribution in [2.75, 3.05) is 25.4 Å². The highest BCUT2D eigenvalue weighted by atomic mass is 32.2. The zero-order valence-electron chi connectivity index (χ0n) is 11.3. The third kappa shape index (κ3) is 4.74. The van der Waals surface area contributed by atoms with E-state index in [0.29, 0.717) is 19.5 Å². The fourth-order valence-electron chi connectivity index (χ4n) is 1.86. The number of hydrogen-bond acceptors (Lipinski definition) is 4. The summed E-state index contributed by atoms with van der Waals surface area (Å²) >= 11 is 1.25. The van der Waals surface area contributed by atoms with E-state index in [1.807, 2.05) is 13.8 Å². The van der Waals surface area contributed by atoms with Crippen molar-refractivity contribution in [3.05, 3.63) is 0 Å². The maximum Gasteiger partial charge on any atom is 0.323 e. The van der Waals surface area contributed by atoms with Crippen LogP contribution in [-0.4, -0.2) is 63.5 Å². The molecule has 0 aromatic carbocycles. The van der Waals surface area contributed by atoms with Crippen molar-refractivity contribution >= 4 is 28.9 Å². The number of carbonyl (C=O) groups excluding carboxylic acids is 2. The fourth-order valence-corrected chi connectivity index (χ4v) is 2.71. The van der Waals surface area contributed by atoms with Crippen molar-refractivity contribution in [1.29, 1.82) is 0 Å². The van der Waals surface area contributed by atoms with E-state index < -0.39 is 5.97 Å². The number of aliphatic carboxylic acids is 1. The summed E-state index contributed by atoms with van der Waals surface area (Å²) in [5, 5.41) is 8.84. The SMILES string of the molecule is CCC(C)N(CC(=O)O)C(=O)CCN1CCSC1=O. The predicted octanol–water partition coefficient (Wildman–Crippen LogP) is 1.26. The zero-order chi connectivity index (χ0) is 14.4. The van der Waals surface area contributed by atoms with Crippen LogP contribution in [-0.2, 0) is 9.59 Å². The summed E-state index contributed by atoms with van der Waals surface area (Å²) in [5.74, 6) is -0.458. The third-order valence-corrected chi connectivity index (χ3v) is 4.08. The molecule has 1 atom stereocenters. The first-order chi connectivity index (χ1) is 8.95. The highest BCUT2D eigenvalue weighted by molar-refractivity contribution is 8.13. The fraction of sp³-hybridized carbons (Fsp3) is 0.750. The van der Waals surface area contributed by atoms with Gasteiger partial charge in [-0.15, -0.1) is 0 Å². The number of rotatable bonds is 7. The highest BCUT2D eigenvalue weighted by Gasteiger charge is 2.25. The molecule has 1 rings (SSSR count). The smallest absolute Gasteiger partial charge is 0.323 e. The van der Waals surface area contributed by atoms with E-state index in [2.05, 4.69) is 0 Å². The van der Waals surface area contributed by atoms with Crippen molar-refractivity contribution in [2.45, 2.75) is 32.7 Å². The molecule has 0 radical (unpaired) electrons. The van der Waals surface area contributed by atoms with Gasteiger partial charge in [-0.1, -0.05) is 18.7 Å². The van der Waals surface area contributed by atoms with Gasteiger partial charge in [-0.2, -0.15) is 0 Å². The van der Waals surface area contributed by atoms with Crippen molar-refractivity contribution < 1.29 is 19.5 Å². The molecule has 1 aliphatic heterocycles. The van der Waals surface area contributed by atoms with Crippen molar-refractivity contribution in [3.8, 4) is 0 Å². The molecule has 1 aliphatic rings. The van der Waals surface area contributed by atoms with Crippen LogP contribution in [0.15, 0.2) is 0 Å². The number of carboxylic acid groups (broad SMARTS) is 1. The molecule has 0 aliphatic carbocycles. The van der Waals surface area contributed by atoms with Crippen LogP contribution in [0.2, 0.25) is 0 Å². The van der Waals surface area contributed by atoms with Gasteiger partial charge in [0.25, 0.3) is 5.24 Å². The predicted molar refractivity (Wildman–Crippen MR) is 73.1 cm³/mol. The molecule has 0 spiro atoms. The molecule has 0 aromatic rings. The minimum absolute atomic E-state index is 0.00104. The van der Waals surface area contributed by atoms with Crippen LogP contribution in [0.3, 0.4) is 0 Å². The molecular formula is C12H20N2O4S. The summed E-state index contributed by atoms with van der Waals surface area (Å²) in [5.41, 5.74) is 0. The largest absolute Gasteiger partial charge is 0.480 e. The molecule has 1 fully saturated rings.